The molecule has 0 aromatic heterocycles. The summed E-state index contributed by atoms with van der Waals surface area (Å²) in [7, 11) is 0. The molecule has 0 saturated carbocycles. The van der Waals surface area contributed by atoms with Crippen molar-refractivity contribution in [1.29, 1.82) is 0 Å². The number of hydrogen-bond donors (Lipinski definition) is 2. The molecule has 0 fully saturated rings. The number of rotatable bonds is 8. The summed E-state index contributed by atoms with van der Waals surface area (Å²) in [5.41, 5.74) is 9.86. The summed E-state index contributed by atoms with van der Waals surface area (Å²) < 4.78 is 5.68. The van der Waals surface area contributed by atoms with E-state index in [2.05, 4.69) is 17.4 Å². The highest BCUT2D eigenvalue weighted by molar-refractivity contribution is 5.94. The minimum atomic E-state index is -0.101. The Hall–Kier alpha value is -3.11. The first-order chi connectivity index (χ1) is 13.6. The van der Waals surface area contributed by atoms with Crippen LogP contribution in [0.5, 0.6) is 5.75 Å². The summed E-state index contributed by atoms with van der Waals surface area (Å²) in [5, 5.41) is 2.89. The Bertz CT molecular complexity index is 873. The number of benzene rings is 3. The molecular weight excluding hydrogens is 348 g/mol. The van der Waals surface area contributed by atoms with E-state index in [1.807, 2.05) is 73.7 Å². The molecule has 4 nitrogen and oxygen atoms in total. The molecule has 1 unspecified atom stereocenters. The minimum Gasteiger partial charge on any atom is -0.492 e. The third-order valence-corrected chi connectivity index (χ3v) is 4.39. The predicted molar refractivity (Wildman–Crippen MR) is 114 cm³/mol. The van der Waals surface area contributed by atoms with Crippen molar-refractivity contribution >= 4 is 5.91 Å². The number of nitrogens with one attached hydrogen (secondary N) is 1. The van der Waals surface area contributed by atoms with Crippen molar-refractivity contribution in [3.05, 3.63) is 90.0 Å². The average molecular weight is 374 g/mol. The van der Waals surface area contributed by atoms with Gasteiger partial charge in [0.1, 0.15) is 12.4 Å². The molecule has 3 N–H and O–H groups in total. The van der Waals surface area contributed by atoms with Gasteiger partial charge in [0.25, 0.3) is 5.91 Å². The fraction of sp³-hybridized carbons (Fsp3) is 0.208. The molecule has 0 aliphatic carbocycles. The van der Waals surface area contributed by atoms with Gasteiger partial charge in [0.05, 0.1) is 6.54 Å². The second-order valence-electron chi connectivity index (χ2n) is 6.87. The van der Waals surface area contributed by atoms with E-state index in [4.69, 9.17) is 10.5 Å². The number of ether oxygens (including phenoxy) is 1. The van der Waals surface area contributed by atoms with Crippen LogP contribution in [-0.2, 0) is 6.42 Å². The quantitative estimate of drug-likeness (QED) is 0.585. The predicted octanol–water partition coefficient (Wildman–Crippen LogP) is 4.05. The Labute approximate surface area is 166 Å². The second kappa shape index (κ2) is 9.72. The molecule has 0 heterocycles. The zero-order valence-electron chi connectivity index (χ0n) is 16.1. The lowest BCUT2D eigenvalue weighted by Crippen LogP contribution is -2.28. The van der Waals surface area contributed by atoms with Crippen LogP contribution in [0.15, 0.2) is 78.9 Å². The Balaban J connectivity index is 1.44. The van der Waals surface area contributed by atoms with Gasteiger partial charge in [-0.05, 0) is 54.3 Å². The zero-order chi connectivity index (χ0) is 19.8. The molecule has 3 aromatic rings. The maximum Gasteiger partial charge on any atom is 0.251 e. The van der Waals surface area contributed by atoms with Gasteiger partial charge >= 0.3 is 0 Å². The fourth-order valence-electron chi connectivity index (χ4n) is 2.97. The molecule has 4 heteroatoms. The summed E-state index contributed by atoms with van der Waals surface area (Å²) in [4.78, 5) is 12.3. The van der Waals surface area contributed by atoms with E-state index in [9.17, 15) is 4.79 Å². The number of amides is 1. The summed E-state index contributed by atoms with van der Waals surface area (Å²) in [6, 6.07) is 25.8. The normalized spacial score (nSPS) is 11.6. The van der Waals surface area contributed by atoms with Crippen molar-refractivity contribution in [3.63, 3.8) is 0 Å². The van der Waals surface area contributed by atoms with Crippen LogP contribution in [0.2, 0.25) is 0 Å². The van der Waals surface area contributed by atoms with Gasteiger partial charge in [-0.3, -0.25) is 4.79 Å². The summed E-state index contributed by atoms with van der Waals surface area (Å²) >= 11 is 0. The molecule has 3 rings (SSSR count). The molecule has 0 saturated heterocycles. The number of nitrogens with two attached hydrogens (primary N) is 1. The van der Waals surface area contributed by atoms with Crippen LogP contribution in [0.1, 0.15) is 22.8 Å². The van der Waals surface area contributed by atoms with Crippen LogP contribution < -0.4 is 15.8 Å². The van der Waals surface area contributed by atoms with Crippen LogP contribution in [0.25, 0.3) is 11.1 Å². The van der Waals surface area contributed by atoms with Gasteiger partial charge in [-0.1, -0.05) is 54.6 Å². The lowest BCUT2D eigenvalue weighted by molar-refractivity contribution is 0.0947. The van der Waals surface area contributed by atoms with Crippen LogP contribution in [0, 0.1) is 0 Å². The van der Waals surface area contributed by atoms with Gasteiger partial charge in [0, 0.05) is 11.6 Å². The molecule has 144 valence electrons. The van der Waals surface area contributed by atoms with E-state index < -0.39 is 0 Å². The molecule has 0 bridgehead atoms. The van der Waals surface area contributed by atoms with E-state index in [0.29, 0.717) is 18.7 Å². The standard InChI is InChI=1S/C24H26N2O2/c1-18(25)17-19-7-13-23(14-8-19)28-16-15-26-24(27)22-11-9-21(10-12-22)20-5-3-2-4-6-20/h2-14,18H,15-17,25H2,1H3,(H,26,27). The van der Waals surface area contributed by atoms with Crippen molar-refractivity contribution in [1.82, 2.24) is 5.32 Å². The maximum atomic E-state index is 12.3. The molecule has 0 aliphatic rings. The van der Waals surface area contributed by atoms with Gasteiger partial charge in [-0.25, -0.2) is 0 Å². The lowest BCUT2D eigenvalue weighted by atomic mass is 10.0. The Morgan fingerprint density at radius 2 is 1.57 bits per heavy atom. The van der Waals surface area contributed by atoms with Crippen LogP contribution >= 0.6 is 0 Å². The third kappa shape index (κ3) is 5.69. The highest BCUT2D eigenvalue weighted by Crippen LogP contribution is 2.19. The average Bonchev–Trinajstić information content (AvgIpc) is 2.72. The van der Waals surface area contributed by atoms with Crippen molar-refractivity contribution in [3.8, 4) is 16.9 Å². The van der Waals surface area contributed by atoms with E-state index in [1.54, 1.807) is 0 Å². The first kappa shape index (κ1) is 19.6. The third-order valence-electron chi connectivity index (χ3n) is 4.39. The lowest BCUT2D eigenvalue weighted by Gasteiger charge is -2.10. The first-order valence-electron chi connectivity index (χ1n) is 9.53. The van der Waals surface area contributed by atoms with Crippen molar-refractivity contribution < 1.29 is 9.53 Å². The first-order valence-corrected chi connectivity index (χ1v) is 9.53. The van der Waals surface area contributed by atoms with Crippen LogP contribution in [0.4, 0.5) is 0 Å². The van der Waals surface area contributed by atoms with Crippen LogP contribution in [0.3, 0.4) is 0 Å². The molecule has 3 aromatic carbocycles. The topological polar surface area (TPSA) is 64.3 Å². The zero-order valence-corrected chi connectivity index (χ0v) is 16.1. The van der Waals surface area contributed by atoms with Crippen molar-refractivity contribution in [2.45, 2.75) is 19.4 Å². The van der Waals surface area contributed by atoms with Crippen molar-refractivity contribution in [2.75, 3.05) is 13.2 Å². The molecule has 0 radical (unpaired) electrons. The van der Waals surface area contributed by atoms with Gasteiger partial charge < -0.3 is 15.8 Å². The van der Waals surface area contributed by atoms with Crippen molar-refractivity contribution in [2.24, 2.45) is 5.73 Å². The van der Waals surface area contributed by atoms with Gasteiger partial charge in [-0.15, -0.1) is 0 Å². The van der Waals surface area contributed by atoms with E-state index >= 15 is 0 Å². The Morgan fingerprint density at radius 3 is 2.21 bits per heavy atom. The molecule has 1 atom stereocenters. The highest BCUT2D eigenvalue weighted by atomic mass is 16.5. The molecule has 28 heavy (non-hydrogen) atoms. The van der Waals surface area contributed by atoms with Gasteiger partial charge in [-0.2, -0.15) is 0 Å². The Morgan fingerprint density at radius 1 is 0.929 bits per heavy atom. The second-order valence-corrected chi connectivity index (χ2v) is 6.87. The molecular formula is C24H26N2O2. The van der Waals surface area contributed by atoms with E-state index in [1.165, 1.54) is 5.56 Å². The SMILES string of the molecule is CC(N)Cc1ccc(OCCNC(=O)c2ccc(-c3ccccc3)cc2)cc1. The highest BCUT2D eigenvalue weighted by Gasteiger charge is 2.06. The smallest absolute Gasteiger partial charge is 0.251 e. The van der Waals surface area contributed by atoms with Gasteiger partial charge in [0.2, 0.25) is 0 Å². The fourth-order valence-corrected chi connectivity index (χ4v) is 2.97. The van der Waals surface area contributed by atoms with E-state index in [-0.39, 0.29) is 11.9 Å². The molecule has 0 spiro atoms. The molecule has 0 aliphatic heterocycles. The summed E-state index contributed by atoms with van der Waals surface area (Å²) in [5.74, 6) is 0.686. The number of hydrogen-bond acceptors (Lipinski definition) is 3. The minimum absolute atomic E-state index is 0.101. The summed E-state index contributed by atoms with van der Waals surface area (Å²) in [6.07, 6.45) is 0.847. The number of carbonyl (C=O) groups excluding carboxylic acids is 1. The monoisotopic (exact) mass is 374 g/mol. The number of carbonyl (C=O) groups is 1. The van der Waals surface area contributed by atoms with Gasteiger partial charge in [0.15, 0.2) is 0 Å². The summed E-state index contributed by atoms with van der Waals surface area (Å²) in [6.45, 7) is 2.85. The Kier molecular flexibility index (Phi) is 6.82. The maximum absolute atomic E-state index is 12.3. The molecule has 1 amide bonds. The van der Waals surface area contributed by atoms with Crippen LogP contribution in [-0.4, -0.2) is 25.1 Å². The van der Waals surface area contributed by atoms with E-state index in [0.717, 1.165) is 23.3 Å². The largest absolute Gasteiger partial charge is 0.492 e.